The molecule has 1 unspecified atom stereocenters. The van der Waals surface area contributed by atoms with Crippen molar-refractivity contribution in [2.45, 2.75) is 52.1 Å². The third-order valence-corrected chi connectivity index (χ3v) is 3.94. The van der Waals surface area contributed by atoms with Gasteiger partial charge in [0.05, 0.1) is 17.1 Å². The summed E-state index contributed by atoms with van der Waals surface area (Å²) >= 11 is 0. The lowest BCUT2D eigenvalue weighted by atomic mass is 10.0. The Hall–Kier alpha value is -1.75. The van der Waals surface area contributed by atoms with Gasteiger partial charge in [0.15, 0.2) is 0 Å². The average molecular weight is 285 g/mol. The van der Waals surface area contributed by atoms with Crippen LogP contribution in [0.5, 0.6) is 0 Å². The van der Waals surface area contributed by atoms with Crippen LogP contribution in [0, 0.1) is 6.92 Å². The lowest BCUT2D eigenvalue weighted by Gasteiger charge is -2.23. The summed E-state index contributed by atoms with van der Waals surface area (Å²) in [7, 11) is 0. The molecule has 3 heterocycles. The van der Waals surface area contributed by atoms with Crippen LogP contribution in [-0.4, -0.2) is 26.3 Å². The van der Waals surface area contributed by atoms with E-state index >= 15 is 0 Å². The van der Waals surface area contributed by atoms with E-state index in [0.29, 0.717) is 6.04 Å². The molecule has 1 fully saturated rings. The van der Waals surface area contributed by atoms with E-state index in [1.54, 1.807) is 0 Å². The topological polar surface area (TPSA) is 55.6 Å². The Bertz CT molecular complexity index is 598. The molecule has 2 aromatic heterocycles. The van der Waals surface area contributed by atoms with E-state index in [0.717, 1.165) is 48.8 Å². The van der Waals surface area contributed by atoms with Crippen molar-refractivity contribution in [3.8, 4) is 11.4 Å². The van der Waals surface area contributed by atoms with Gasteiger partial charge in [-0.2, -0.15) is 5.10 Å². The Morgan fingerprint density at radius 1 is 1.33 bits per heavy atom. The number of hydrogen-bond acceptors (Lipinski definition) is 4. The summed E-state index contributed by atoms with van der Waals surface area (Å²) in [5, 5.41) is 7.96. The molecule has 1 saturated heterocycles. The van der Waals surface area contributed by atoms with Gasteiger partial charge in [-0.05, 0) is 44.9 Å². The van der Waals surface area contributed by atoms with Gasteiger partial charge in [-0.1, -0.05) is 13.3 Å². The minimum Gasteiger partial charge on any atom is -0.309 e. The quantitative estimate of drug-likeness (QED) is 0.938. The third-order valence-electron chi connectivity index (χ3n) is 3.94. The molecule has 0 bridgehead atoms. The summed E-state index contributed by atoms with van der Waals surface area (Å²) in [4.78, 5) is 9.25. The molecule has 2 aromatic rings. The lowest BCUT2D eigenvalue weighted by molar-refractivity contribution is 0.404. The highest BCUT2D eigenvalue weighted by Crippen LogP contribution is 2.25. The van der Waals surface area contributed by atoms with E-state index < -0.39 is 0 Å². The fourth-order valence-electron chi connectivity index (χ4n) is 2.95. The average Bonchev–Trinajstić information content (AvgIpc) is 2.96. The highest BCUT2D eigenvalue weighted by Gasteiger charge is 2.18. The molecule has 21 heavy (non-hydrogen) atoms. The van der Waals surface area contributed by atoms with E-state index in [-0.39, 0.29) is 0 Å². The Balaban J connectivity index is 1.95. The number of rotatable bonds is 4. The molecule has 1 aliphatic rings. The predicted molar refractivity (Wildman–Crippen MR) is 82.9 cm³/mol. The molecule has 1 N–H and O–H groups in total. The second kappa shape index (κ2) is 6.35. The minimum atomic E-state index is 0.363. The van der Waals surface area contributed by atoms with Crippen LogP contribution < -0.4 is 5.32 Å². The Morgan fingerprint density at radius 2 is 2.24 bits per heavy atom. The first-order valence-electron chi connectivity index (χ1n) is 7.89. The summed E-state index contributed by atoms with van der Waals surface area (Å²) in [5.41, 5.74) is 3.18. The highest BCUT2D eigenvalue weighted by molar-refractivity contribution is 5.54. The summed E-state index contributed by atoms with van der Waals surface area (Å²) in [6.45, 7) is 6.13. The first kappa shape index (κ1) is 14.2. The molecular weight excluding hydrogens is 262 g/mol. The molecule has 0 amide bonds. The fourth-order valence-corrected chi connectivity index (χ4v) is 2.95. The molecule has 5 heteroatoms. The van der Waals surface area contributed by atoms with Crippen molar-refractivity contribution in [3.05, 3.63) is 29.8 Å². The Morgan fingerprint density at radius 3 is 3.00 bits per heavy atom. The van der Waals surface area contributed by atoms with Gasteiger partial charge in [0.1, 0.15) is 5.82 Å². The molecule has 3 rings (SSSR count). The van der Waals surface area contributed by atoms with Crippen molar-refractivity contribution < 1.29 is 0 Å². The molecule has 1 aliphatic heterocycles. The van der Waals surface area contributed by atoms with E-state index in [2.05, 4.69) is 33.4 Å². The maximum atomic E-state index is 4.64. The van der Waals surface area contributed by atoms with Gasteiger partial charge in [0, 0.05) is 18.8 Å². The van der Waals surface area contributed by atoms with Gasteiger partial charge >= 0.3 is 0 Å². The fraction of sp³-hybridized carbons (Fsp3) is 0.562. The van der Waals surface area contributed by atoms with Gasteiger partial charge in [-0.25, -0.2) is 9.97 Å². The second-order valence-corrected chi connectivity index (χ2v) is 5.67. The van der Waals surface area contributed by atoms with E-state index in [1.807, 2.05) is 23.9 Å². The van der Waals surface area contributed by atoms with Crippen LogP contribution in [0.25, 0.3) is 11.4 Å². The maximum Gasteiger partial charge on any atom is 0.126 e. The van der Waals surface area contributed by atoms with Gasteiger partial charge in [-0.15, -0.1) is 0 Å². The zero-order valence-electron chi connectivity index (χ0n) is 12.8. The van der Waals surface area contributed by atoms with E-state index in [4.69, 9.17) is 0 Å². The first-order valence-corrected chi connectivity index (χ1v) is 7.89. The maximum absolute atomic E-state index is 4.64. The number of piperidine rings is 1. The number of nitrogens with zero attached hydrogens (tertiary/aromatic N) is 4. The molecule has 1 atom stereocenters. The summed E-state index contributed by atoms with van der Waals surface area (Å²) < 4.78 is 2.03. The molecule has 0 aliphatic carbocycles. The predicted octanol–water partition coefficient (Wildman–Crippen LogP) is 2.87. The highest BCUT2D eigenvalue weighted by atomic mass is 15.3. The number of aromatic nitrogens is 4. The molecule has 0 spiro atoms. The van der Waals surface area contributed by atoms with Gasteiger partial charge in [0.2, 0.25) is 0 Å². The molecule has 5 nitrogen and oxygen atoms in total. The summed E-state index contributed by atoms with van der Waals surface area (Å²) in [5.74, 6) is 0.833. The van der Waals surface area contributed by atoms with Crippen molar-refractivity contribution in [3.63, 3.8) is 0 Å². The zero-order valence-corrected chi connectivity index (χ0v) is 12.8. The molecule has 0 saturated carbocycles. The van der Waals surface area contributed by atoms with E-state index in [1.165, 1.54) is 12.8 Å². The van der Waals surface area contributed by atoms with Gasteiger partial charge < -0.3 is 5.32 Å². The van der Waals surface area contributed by atoms with Crippen molar-refractivity contribution in [1.29, 1.82) is 0 Å². The number of aryl methyl sites for hydroxylation is 2. The van der Waals surface area contributed by atoms with Crippen LogP contribution in [0.15, 0.2) is 18.3 Å². The van der Waals surface area contributed by atoms with Crippen molar-refractivity contribution in [1.82, 2.24) is 25.1 Å². The second-order valence-electron chi connectivity index (χ2n) is 5.67. The van der Waals surface area contributed by atoms with Crippen molar-refractivity contribution >= 4 is 0 Å². The van der Waals surface area contributed by atoms with Crippen LogP contribution in [0.1, 0.15) is 50.2 Å². The lowest BCUT2D eigenvalue weighted by Crippen LogP contribution is -2.27. The number of hydrogen-bond donors (Lipinski definition) is 1. The van der Waals surface area contributed by atoms with Crippen molar-refractivity contribution in [2.75, 3.05) is 6.54 Å². The third kappa shape index (κ3) is 3.13. The van der Waals surface area contributed by atoms with Crippen LogP contribution in [0.4, 0.5) is 0 Å². The Labute approximate surface area is 125 Å². The minimum absolute atomic E-state index is 0.363. The summed E-state index contributed by atoms with van der Waals surface area (Å²) in [6.07, 6.45) is 6.60. The van der Waals surface area contributed by atoms with Crippen molar-refractivity contribution in [2.24, 2.45) is 0 Å². The van der Waals surface area contributed by atoms with Crippen LogP contribution >= 0.6 is 0 Å². The molecule has 0 radical (unpaired) electrons. The SMILES string of the molecule is CCCn1nccc1-c1cc(C2CCCCN2)nc(C)n1. The first-order chi connectivity index (χ1) is 10.3. The number of nitrogens with one attached hydrogen (secondary N) is 1. The van der Waals surface area contributed by atoms with Crippen LogP contribution in [0.3, 0.4) is 0 Å². The van der Waals surface area contributed by atoms with Gasteiger partial charge in [-0.3, -0.25) is 4.68 Å². The van der Waals surface area contributed by atoms with Gasteiger partial charge in [0.25, 0.3) is 0 Å². The summed E-state index contributed by atoms with van der Waals surface area (Å²) in [6, 6.07) is 4.52. The zero-order chi connectivity index (χ0) is 14.7. The van der Waals surface area contributed by atoms with Crippen LogP contribution in [0.2, 0.25) is 0 Å². The molecule has 0 aromatic carbocycles. The normalized spacial score (nSPS) is 18.9. The monoisotopic (exact) mass is 285 g/mol. The van der Waals surface area contributed by atoms with E-state index in [9.17, 15) is 0 Å². The Kier molecular flexibility index (Phi) is 4.29. The van der Waals surface area contributed by atoms with Crippen LogP contribution in [-0.2, 0) is 6.54 Å². The molecular formula is C16H23N5. The standard InChI is InChI=1S/C16H23N5/c1-3-10-21-16(7-9-18-21)15-11-14(19-12(2)20-15)13-6-4-5-8-17-13/h7,9,11,13,17H,3-6,8,10H2,1-2H3. The smallest absolute Gasteiger partial charge is 0.126 e. The molecule has 112 valence electrons. The largest absolute Gasteiger partial charge is 0.309 e.